The molecular weight excluding hydrogens is 452 g/mol. The van der Waals surface area contributed by atoms with Gasteiger partial charge in [-0.05, 0) is 30.3 Å². The van der Waals surface area contributed by atoms with Crippen LogP contribution in [-0.2, 0) is 15.0 Å². The number of allylic oxidation sites excluding steroid dienone is 1. The lowest BCUT2D eigenvalue weighted by atomic mass is 10.2. The number of nitro groups is 1. The third kappa shape index (κ3) is 4.75. The molecule has 1 N–H and O–H groups in total. The van der Waals surface area contributed by atoms with E-state index in [4.69, 9.17) is 9.15 Å². The van der Waals surface area contributed by atoms with E-state index in [2.05, 4.69) is 9.71 Å². The van der Waals surface area contributed by atoms with Crippen molar-refractivity contribution in [1.29, 1.82) is 0 Å². The van der Waals surface area contributed by atoms with E-state index in [1.165, 1.54) is 37.6 Å². The van der Waals surface area contributed by atoms with Crippen molar-refractivity contribution in [3.8, 4) is 11.5 Å². The Balaban J connectivity index is 1.66. The van der Waals surface area contributed by atoms with Gasteiger partial charge in [0.25, 0.3) is 11.6 Å². The van der Waals surface area contributed by atoms with Crippen LogP contribution in [0.3, 0.4) is 0 Å². The summed E-state index contributed by atoms with van der Waals surface area (Å²) in [5.74, 6) is -0.116. The second kappa shape index (κ2) is 8.59. The molecule has 0 fully saturated rings. The van der Waals surface area contributed by atoms with Crippen molar-refractivity contribution in [1.82, 2.24) is 4.31 Å². The summed E-state index contributed by atoms with van der Waals surface area (Å²) in [7, 11) is -3.03. The molecule has 0 radical (unpaired) electrons. The van der Waals surface area contributed by atoms with E-state index in [9.17, 15) is 23.3 Å². The van der Waals surface area contributed by atoms with Crippen LogP contribution < -0.4 is 10.1 Å². The van der Waals surface area contributed by atoms with Gasteiger partial charge >= 0.3 is 10.2 Å². The molecule has 1 amide bonds. The molecule has 0 saturated heterocycles. The van der Waals surface area contributed by atoms with E-state index < -0.39 is 21.0 Å². The fourth-order valence-corrected chi connectivity index (χ4v) is 3.84. The van der Waals surface area contributed by atoms with Crippen LogP contribution in [0.1, 0.15) is 5.76 Å². The van der Waals surface area contributed by atoms with Gasteiger partial charge in [-0.15, -0.1) is 4.40 Å². The summed E-state index contributed by atoms with van der Waals surface area (Å²) in [6, 6.07) is 15.4. The van der Waals surface area contributed by atoms with Crippen molar-refractivity contribution >= 4 is 33.2 Å². The first-order chi connectivity index (χ1) is 15.7. The minimum absolute atomic E-state index is 0.0360. The summed E-state index contributed by atoms with van der Waals surface area (Å²) in [5.41, 5.74) is -0.604. The van der Waals surface area contributed by atoms with E-state index in [1.807, 2.05) is 0 Å². The van der Waals surface area contributed by atoms with Crippen molar-refractivity contribution in [3.05, 3.63) is 94.6 Å². The number of hydrogen-bond donors (Lipinski definition) is 1. The highest BCUT2D eigenvalue weighted by molar-refractivity contribution is 7.88. The molecular formula is C21H16N4O7S. The Morgan fingerprint density at radius 3 is 2.55 bits per heavy atom. The van der Waals surface area contributed by atoms with Crippen molar-refractivity contribution in [2.45, 2.75) is 0 Å². The number of para-hydroxylation sites is 1. The molecule has 0 saturated carbocycles. The maximum atomic E-state index is 12.9. The normalized spacial score (nSPS) is 14.8. The fraction of sp³-hybridized carbons (Fsp3) is 0.0476. The number of rotatable bonds is 6. The van der Waals surface area contributed by atoms with Crippen molar-refractivity contribution in [2.75, 3.05) is 12.4 Å². The van der Waals surface area contributed by atoms with Gasteiger partial charge in [0.05, 0.1) is 22.9 Å². The number of nitro benzene ring substituents is 1. The monoisotopic (exact) mass is 468 g/mol. The largest absolute Gasteiger partial charge is 0.463 e. The maximum absolute atomic E-state index is 12.9. The summed E-state index contributed by atoms with van der Waals surface area (Å²) in [4.78, 5) is 23.7. The van der Waals surface area contributed by atoms with Gasteiger partial charge in [-0.3, -0.25) is 14.9 Å². The number of anilines is 1. The third-order valence-corrected chi connectivity index (χ3v) is 5.83. The summed E-state index contributed by atoms with van der Waals surface area (Å²) in [6.07, 6.45) is 2.59. The zero-order valence-corrected chi connectivity index (χ0v) is 17.9. The molecule has 168 valence electrons. The number of furan rings is 1. The highest BCUT2D eigenvalue weighted by Crippen LogP contribution is 2.30. The Bertz CT molecular complexity index is 1380. The first-order valence-corrected chi connectivity index (χ1v) is 10.8. The van der Waals surface area contributed by atoms with Crippen LogP contribution in [0.2, 0.25) is 0 Å². The Morgan fingerprint density at radius 2 is 1.88 bits per heavy atom. The van der Waals surface area contributed by atoms with Gasteiger partial charge in [-0.1, -0.05) is 18.2 Å². The van der Waals surface area contributed by atoms with E-state index in [-0.39, 0.29) is 34.3 Å². The van der Waals surface area contributed by atoms with Crippen molar-refractivity contribution in [3.63, 3.8) is 0 Å². The molecule has 0 unspecified atom stereocenters. The average Bonchev–Trinajstić information content (AvgIpc) is 3.31. The number of carbonyl (C=O) groups is 1. The fourth-order valence-electron chi connectivity index (χ4n) is 2.95. The molecule has 0 bridgehead atoms. The molecule has 1 aliphatic rings. The van der Waals surface area contributed by atoms with Gasteiger partial charge in [0.2, 0.25) is 0 Å². The average molecular weight is 468 g/mol. The topological polar surface area (TPSA) is 144 Å². The highest BCUT2D eigenvalue weighted by atomic mass is 32.2. The molecule has 12 heteroatoms. The van der Waals surface area contributed by atoms with Gasteiger partial charge in [0.1, 0.15) is 22.9 Å². The van der Waals surface area contributed by atoms with Crippen LogP contribution in [0.4, 0.5) is 11.4 Å². The predicted molar refractivity (Wildman–Crippen MR) is 118 cm³/mol. The third-order valence-electron chi connectivity index (χ3n) is 4.52. The molecule has 3 aromatic rings. The van der Waals surface area contributed by atoms with Gasteiger partial charge in [0, 0.05) is 19.2 Å². The molecule has 2 aromatic carbocycles. The number of benzene rings is 2. The van der Waals surface area contributed by atoms with Gasteiger partial charge in [0.15, 0.2) is 5.76 Å². The summed E-state index contributed by atoms with van der Waals surface area (Å²) in [5, 5.41) is 13.9. The number of nitrogens with one attached hydrogen (secondary N) is 1. The van der Waals surface area contributed by atoms with Crippen LogP contribution in [0.5, 0.6) is 11.5 Å². The SMILES string of the molecule is CN1C(C(=O)Nc2cc(Oc3ccccc3)cc([N+](=O)[O-])c2)=CC(c2ccco2)=NS1(=O)=O. The number of nitrogens with zero attached hydrogens (tertiary/aromatic N) is 3. The second-order valence-electron chi connectivity index (χ2n) is 6.77. The Morgan fingerprint density at radius 1 is 1.12 bits per heavy atom. The molecule has 1 aromatic heterocycles. The zero-order valence-electron chi connectivity index (χ0n) is 17.0. The molecule has 33 heavy (non-hydrogen) atoms. The summed E-state index contributed by atoms with van der Waals surface area (Å²) >= 11 is 0. The quantitative estimate of drug-likeness (QED) is 0.431. The minimum atomic E-state index is -4.19. The van der Waals surface area contributed by atoms with E-state index >= 15 is 0 Å². The number of non-ortho nitro benzene ring substituents is 1. The number of likely N-dealkylation sites (N-methyl/N-ethyl adjacent to an activating group) is 1. The lowest BCUT2D eigenvalue weighted by molar-refractivity contribution is -0.384. The first-order valence-electron chi connectivity index (χ1n) is 9.41. The van der Waals surface area contributed by atoms with Gasteiger partial charge in [-0.25, -0.2) is 4.31 Å². The lowest BCUT2D eigenvalue weighted by Gasteiger charge is -2.23. The van der Waals surface area contributed by atoms with Crippen molar-refractivity contribution in [2.24, 2.45) is 4.40 Å². The summed E-state index contributed by atoms with van der Waals surface area (Å²) < 4.78 is 40.0. The van der Waals surface area contributed by atoms with Gasteiger partial charge in [-0.2, -0.15) is 8.42 Å². The summed E-state index contributed by atoms with van der Waals surface area (Å²) in [6.45, 7) is 0. The van der Waals surface area contributed by atoms with Crippen molar-refractivity contribution < 1.29 is 27.3 Å². The molecule has 1 aliphatic heterocycles. The standard InChI is InChI=1S/C21H16N4O7S/c1-24-19(13-18(23-33(24,29)30)20-8-5-9-31-20)21(26)22-14-10-15(25(27)28)12-17(11-14)32-16-6-3-2-4-7-16/h2-13H,1H3,(H,22,26). The number of amides is 1. The van der Waals surface area contributed by atoms with E-state index in [0.29, 0.717) is 10.1 Å². The second-order valence-corrected chi connectivity index (χ2v) is 8.40. The van der Waals surface area contributed by atoms with Crippen LogP contribution in [0, 0.1) is 10.1 Å². The number of hydrogen-bond acceptors (Lipinski definition) is 7. The zero-order chi connectivity index (χ0) is 23.6. The number of ether oxygens (including phenoxy) is 1. The molecule has 0 spiro atoms. The van der Waals surface area contributed by atoms with E-state index in [0.717, 1.165) is 6.07 Å². The first kappa shape index (κ1) is 21.8. The Hall–Kier alpha value is -4.45. The van der Waals surface area contributed by atoms with E-state index in [1.54, 1.807) is 36.4 Å². The van der Waals surface area contributed by atoms with Crippen LogP contribution >= 0.6 is 0 Å². The Labute approximate surface area is 187 Å². The molecule has 11 nitrogen and oxygen atoms in total. The van der Waals surface area contributed by atoms with Crippen LogP contribution in [0.25, 0.3) is 0 Å². The smallest absolute Gasteiger partial charge is 0.345 e. The minimum Gasteiger partial charge on any atom is -0.463 e. The molecule has 0 aliphatic carbocycles. The number of carbonyl (C=O) groups excluding carboxylic acids is 1. The predicted octanol–water partition coefficient (Wildman–Crippen LogP) is 3.48. The van der Waals surface area contributed by atoms with Gasteiger partial charge < -0.3 is 14.5 Å². The maximum Gasteiger partial charge on any atom is 0.345 e. The Kier molecular flexibility index (Phi) is 5.67. The highest BCUT2D eigenvalue weighted by Gasteiger charge is 2.31. The molecule has 4 rings (SSSR count). The molecule has 0 atom stereocenters. The van der Waals surface area contributed by atoms with Crippen LogP contribution in [0.15, 0.2) is 87.5 Å². The molecule has 2 heterocycles. The lowest BCUT2D eigenvalue weighted by Crippen LogP contribution is -2.35. The van der Waals surface area contributed by atoms with Crippen LogP contribution in [-0.4, -0.2) is 36.3 Å².